The minimum atomic E-state index is -4.50. The average Bonchev–Trinajstić information content (AvgIpc) is 2.90. The first-order chi connectivity index (χ1) is 12.7. The molecule has 0 aromatic heterocycles. The molecule has 1 aromatic carbocycles. The molecule has 0 spiro atoms. The van der Waals surface area contributed by atoms with Gasteiger partial charge in [0.05, 0.1) is 6.04 Å². The molecule has 2 N–H and O–H groups in total. The monoisotopic (exact) mass is 384 g/mol. The number of carbonyl (C=O) groups is 2. The molecule has 0 radical (unpaired) electrons. The van der Waals surface area contributed by atoms with Crippen molar-refractivity contribution in [3.63, 3.8) is 0 Å². The summed E-state index contributed by atoms with van der Waals surface area (Å²) < 4.78 is 44.3. The van der Waals surface area contributed by atoms with Crippen LogP contribution in [0.25, 0.3) is 0 Å². The zero-order chi connectivity index (χ0) is 19.8. The third kappa shape index (κ3) is 4.04. The number of halogens is 3. The number of hydrogen-bond donors (Lipinski definition) is 2. The van der Waals surface area contributed by atoms with Gasteiger partial charge in [0.25, 0.3) is 0 Å². The Morgan fingerprint density at radius 2 is 2.07 bits per heavy atom. The van der Waals surface area contributed by atoms with E-state index in [1.807, 2.05) is 37.4 Å². The van der Waals surface area contributed by atoms with Crippen molar-refractivity contribution in [3.05, 3.63) is 29.3 Å². The van der Waals surface area contributed by atoms with Gasteiger partial charge in [0, 0.05) is 5.56 Å². The molecule has 0 saturated carbocycles. The van der Waals surface area contributed by atoms with Gasteiger partial charge in [0.2, 0.25) is 11.8 Å². The molecule has 2 amide bonds. The normalized spacial score (nSPS) is 27.5. The van der Waals surface area contributed by atoms with Crippen LogP contribution in [0.3, 0.4) is 0 Å². The first-order valence-corrected chi connectivity index (χ1v) is 9.15. The molecule has 2 aliphatic rings. The zero-order valence-electron chi connectivity index (χ0n) is 15.2. The van der Waals surface area contributed by atoms with Gasteiger partial charge < -0.3 is 15.4 Å². The first kappa shape index (κ1) is 19.5. The van der Waals surface area contributed by atoms with E-state index in [0.717, 1.165) is 17.5 Å². The van der Waals surface area contributed by atoms with E-state index in [1.54, 1.807) is 0 Å². The highest BCUT2D eigenvalue weighted by atomic mass is 19.4. The van der Waals surface area contributed by atoms with E-state index < -0.39 is 36.0 Å². The standard InChI is InChI=1S/C19H23F3N2O3/c1-3-4-13-16(11-6-5-10(2)9-14(11)27-13)24-18(26)12-7-8-15(19(20,21)22)23-17(12)25/h5-6,9,12-13,15-16H,3-4,7-8H2,1-2H3,(H,23,25)(H,24,26)/t12?,13-,15?,16?/m1/s1. The Bertz CT molecular complexity index is 735. The van der Waals surface area contributed by atoms with Gasteiger partial charge in [-0.25, -0.2) is 0 Å². The van der Waals surface area contributed by atoms with Crippen molar-refractivity contribution in [1.82, 2.24) is 10.6 Å². The minimum absolute atomic E-state index is 0.130. The molecule has 2 heterocycles. The van der Waals surface area contributed by atoms with Crippen LogP contribution in [0.1, 0.15) is 49.8 Å². The number of carbonyl (C=O) groups excluding carboxylic acids is 2. The number of fused-ring (bicyclic) bond motifs is 1. The molecule has 27 heavy (non-hydrogen) atoms. The van der Waals surface area contributed by atoms with Crippen molar-refractivity contribution in [2.24, 2.45) is 5.92 Å². The second-order valence-electron chi connectivity index (χ2n) is 7.21. The molecule has 2 aliphatic heterocycles. The quantitative estimate of drug-likeness (QED) is 0.784. The van der Waals surface area contributed by atoms with Crippen LogP contribution in [0.15, 0.2) is 18.2 Å². The Morgan fingerprint density at radius 1 is 1.33 bits per heavy atom. The number of alkyl halides is 3. The minimum Gasteiger partial charge on any atom is -0.488 e. The molecule has 1 aromatic rings. The fourth-order valence-corrected chi connectivity index (χ4v) is 3.67. The maximum Gasteiger partial charge on any atom is 0.408 e. The van der Waals surface area contributed by atoms with Gasteiger partial charge in [-0.15, -0.1) is 0 Å². The van der Waals surface area contributed by atoms with Gasteiger partial charge in [0.15, 0.2) is 0 Å². The number of aryl methyl sites for hydroxylation is 1. The Kier molecular flexibility index (Phi) is 5.35. The Balaban J connectivity index is 1.72. The SMILES string of the molecule is CCC[C@H]1Oc2cc(C)ccc2C1NC(=O)C1CCC(C(F)(F)F)NC1=O. The topological polar surface area (TPSA) is 67.4 Å². The van der Waals surface area contributed by atoms with Crippen molar-refractivity contribution in [1.29, 1.82) is 0 Å². The summed E-state index contributed by atoms with van der Waals surface area (Å²) in [4.78, 5) is 24.7. The lowest BCUT2D eigenvalue weighted by atomic mass is 9.91. The number of hydrogen-bond acceptors (Lipinski definition) is 3. The smallest absolute Gasteiger partial charge is 0.408 e. The van der Waals surface area contributed by atoms with Crippen molar-refractivity contribution in [2.45, 2.75) is 63.9 Å². The second kappa shape index (κ2) is 7.40. The summed E-state index contributed by atoms with van der Waals surface area (Å²) in [6, 6.07) is 3.38. The van der Waals surface area contributed by atoms with E-state index in [0.29, 0.717) is 12.2 Å². The summed E-state index contributed by atoms with van der Waals surface area (Å²) in [6.07, 6.45) is -3.63. The van der Waals surface area contributed by atoms with Crippen LogP contribution in [-0.4, -0.2) is 30.1 Å². The molecule has 1 fully saturated rings. The van der Waals surface area contributed by atoms with E-state index in [2.05, 4.69) is 5.32 Å². The number of piperidine rings is 1. The highest BCUT2D eigenvalue weighted by Gasteiger charge is 2.46. The van der Waals surface area contributed by atoms with Gasteiger partial charge in [0.1, 0.15) is 23.8 Å². The van der Waals surface area contributed by atoms with Crippen LogP contribution in [0, 0.1) is 12.8 Å². The molecule has 3 rings (SSSR count). The Labute approximate surface area is 155 Å². The molecular formula is C19H23F3N2O3. The molecule has 1 saturated heterocycles. The maximum absolute atomic E-state index is 12.8. The molecule has 8 heteroatoms. The van der Waals surface area contributed by atoms with Gasteiger partial charge in [-0.2, -0.15) is 13.2 Å². The van der Waals surface area contributed by atoms with E-state index in [1.165, 1.54) is 0 Å². The number of benzene rings is 1. The molecule has 5 nitrogen and oxygen atoms in total. The predicted octanol–water partition coefficient (Wildman–Crippen LogP) is 3.17. The van der Waals surface area contributed by atoms with Crippen LogP contribution >= 0.6 is 0 Å². The van der Waals surface area contributed by atoms with E-state index >= 15 is 0 Å². The van der Waals surface area contributed by atoms with Crippen LogP contribution < -0.4 is 15.4 Å². The fraction of sp³-hybridized carbons (Fsp3) is 0.579. The third-order valence-corrected chi connectivity index (χ3v) is 5.11. The summed E-state index contributed by atoms with van der Waals surface area (Å²) in [7, 11) is 0. The first-order valence-electron chi connectivity index (χ1n) is 9.15. The fourth-order valence-electron chi connectivity index (χ4n) is 3.67. The van der Waals surface area contributed by atoms with Gasteiger partial charge >= 0.3 is 6.18 Å². The predicted molar refractivity (Wildman–Crippen MR) is 92.1 cm³/mol. The summed E-state index contributed by atoms with van der Waals surface area (Å²) in [5, 5.41) is 4.76. The third-order valence-electron chi connectivity index (χ3n) is 5.11. The van der Waals surface area contributed by atoms with Gasteiger partial charge in [-0.05, 0) is 37.8 Å². The van der Waals surface area contributed by atoms with E-state index in [-0.39, 0.29) is 18.9 Å². The lowest BCUT2D eigenvalue weighted by Crippen LogP contribution is -2.55. The van der Waals surface area contributed by atoms with Crippen molar-refractivity contribution >= 4 is 11.8 Å². The highest BCUT2D eigenvalue weighted by Crippen LogP contribution is 2.39. The Morgan fingerprint density at radius 3 is 2.70 bits per heavy atom. The van der Waals surface area contributed by atoms with E-state index in [9.17, 15) is 22.8 Å². The zero-order valence-corrected chi connectivity index (χ0v) is 15.2. The van der Waals surface area contributed by atoms with Crippen molar-refractivity contribution in [2.75, 3.05) is 0 Å². The number of amides is 2. The molecule has 148 valence electrons. The number of rotatable bonds is 4. The molecule has 3 unspecified atom stereocenters. The van der Waals surface area contributed by atoms with Crippen LogP contribution in [0.5, 0.6) is 5.75 Å². The maximum atomic E-state index is 12.8. The lowest BCUT2D eigenvalue weighted by molar-refractivity contribution is -0.171. The molecule has 4 atom stereocenters. The highest BCUT2D eigenvalue weighted by molar-refractivity contribution is 6.01. The van der Waals surface area contributed by atoms with Crippen molar-refractivity contribution in [3.8, 4) is 5.75 Å². The molecule has 0 aliphatic carbocycles. The summed E-state index contributed by atoms with van der Waals surface area (Å²) in [6.45, 7) is 3.94. The Hall–Kier alpha value is -2.25. The summed E-state index contributed by atoms with van der Waals surface area (Å²) in [5.41, 5.74) is 1.86. The molecular weight excluding hydrogens is 361 g/mol. The molecule has 0 bridgehead atoms. The lowest BCUT2D eigenvalue weighted by Gasteiger charge is -2.30. The average molecular weight is 384 g/mol. The van der Waals surface area contributed by atoms with Crippen LogP contribution in [0.4, 0.5) is 13.2 Å². The number of nitrogens with one attached hydrogen (secondary N) is 2. The van der Waals surface area contributed by atoms with Crippen LogP contribution in [-0.2, 0) is 9.59 Å². The van der Waals surface area contributed by atoms with E-state index in [4.69, 9.17) is 4.74 Å². The van der Waals surface area contributed by atoms with Crippen molar-refractivity contribution < 1.29 is 27.5 Å². The largest absolute Gasteiger partial charge is 0.488 e. The number of ether oxygens (including phenoxy) is 1. The summed E-state index contributed by atoms with van der Waals surface area (Å²) in [5.74, 6) is -1.86. The van der Waals surface area contributed by atoms with Gasteiger partial charge in [-0.3, -0.25) is 9.59 Å². The summed E-state index contributed by atoms with van der Waals surface area (Å²) >= 11 is 0. The second-order valence-corrected chi connectivity index (χ2v) is 7.21. The van der Waals surface area contributed by atoms with Crippen LogP contribution in [0.2, 0.25) is 0 Å². The van der Waals surface area contributed by atoms with Gasteiger partial charge in [-0.1, -0.05) is 25.5 Å².